The zero-order valence-electron chi connectivity index (χ0n) is 13.3. The van der Waals surface area contributed by atoms with Crippen molar-refractivity contribution in [3.05, 3.63) is 0 Å². The highest BCUT2D eigenvalue weighted by Gasteiger charge is 2.43. The van der Waals surface area contributed by atoms with Gasteiger partial charge in [-0.05, 0) is 57.9 Å². The van der Waals surface area contributed by atoms with Crippen LogP contribution in [0.5, 0.6) is 0 Å². The molecule has 1 amide bonds. The number of nitrogens with zero attached hydrogens (tertiary/aromatic N) is 1. The van der Waals surface area contributed by atoms with E-state index in [1.165, 1.54) is 25.8 Å². The van der Waals surface area contributed by atoms with Crippen molar-refractivity contribution in [3.63, 3.8) is 0 Å². The highest BCUT2D eigenvalue weighted by molar-refractivity contribution is 5.84. The summed E-state index contributed by atoms with van der Waals surface area (Å²) in [7, 11) is 0. The minimum absolute atomic E-state index is 0.165. The lowest BCUT2D eigenvalue weighted by Gasteiger charge is -2.48. The van der Waals surface area contributed by atoms with E-state index in [1.807, 2.05) is 0 Å². The molecule has 1 aliphatic heterocycles. The van der Waals surface area contributed by atoms with E-state index in [0.717, 1.165) is 31.7 Å². The molecule has 2 rings (SSSR count). The van der Waals surface area contributed by atoms with Gasteiger partial charge in [-0.25, -0.2) is 0 Å². The van der Waals surface area contributed by atoms with Gasteiger partial charge in [0.15, 0.2) is 0 Å². The van der Waals surface area contributed by atoms with Gasteiger partial charge in [0.05, 0.1) is 5.54 Å². The first kappa shape index (κ1) is 15.8. The number of hydrogen-bond acceptors (Lipinski definition) is 3. The third kappa shape index (κ3) is 3.17. The molecular weight excluding hydrogens is 250 g/mol. The summed E-state index contributed by atoms with van der Waals surface area (Å²) in [6.45, 7) is 8.71. The van der Waals surface area contributed by atoms with Gasteiger partial charge < -0.3 is 11.1 Å². The van der Waals surface area contributed by atoms with E-state index in [9.17, 15) is 4.79 Å². The standard InChI is InChI=1S/C16H31N3O/c1-4-18-16(15(17)20)9-5-6-14(10-16)19-11-12(2)7-8-13(19)3/h12-14,18H,4-11H2,1-3H3,(H2,17,20). The number of rotatable bonds is 4. The Balaban J connectivity index is 2.10. The van der Waals surface area contributed by atoms with Crippen LogP contribution in [0.3, 0.4) is 0 Å². The highest BCUT2D eigenvalue weighted by Crippen LogP contribution is 2.35. The summed E-state index contributed by atoms with van der Waals surface area (Å²) >= 11 is 0. The van der Waals surface area contributed by atoms with Crippen molar-refractivity contribution in [2.45, 2.75) is 76.9 Å². The number of likely N-dealkylation sites (tertiary alicyclic amines) is 1. The first-order chi connectivity index (χ1) is 9.48. The van der Waals surface area contributed by atoms with E-state index in [4.69, 9.17) is 5.73 Å². The van der Waals surface area contributed by atoms with Crippen LogP contribution in [0, 0.1) is 5.92 Å². The lowest BCUT2D eigenvalue weighted by atomic mass is 9.76. The van der Waals surface area contributed by atoms with Gasteiger partial charge in [0, 0.05) is 18.6 Å². The minimum atomic E-state index is -0.474. The first-order valence-corrected chi connectivity index (χ1v) is 8.29. The fraction of sp³-hybridized carbons (Fsp3) is 0.938. The van der Waals surface area contributed by atoms with Crippen LogP contribution in [0.2, 0.25) is 0 Å². The van der Waals surface area contributed by atoms with Crippen molar-refractivity contribution < 1.29 is 4.79 Å². The van der Waals surface area contributed by atoms with Crippen LogP contribution >= 0.6 is 0 Å². The zero-order chi connectivity index (χ0) is 14.8. The van der Waals surface area contributed by atoms with Gasteiger partial charge in [-0.2, -0.15) is 0 Å². The van der Waals surface area contributed by atoms with Gasteiger partial charge in [-0.1, -0.05) is 13.8 Å². The highest BCUT2D eigenvalue weighted by atomic mass is 16.1. The minimum Gasteiger partial charge on any atom is -0.368 e. The third-order valence-electron chi connectivity index (χ3n) is 5.35. The largest absolute Gasteiger partial charge is 0.368 e. The van der Waals surface area contributed by atoms with Crippen LogP contribution in [0.1, 0.15) is 59.3 Å². The Kier molecular flexibility index (Phi) is 5.08. The van der Waals surface area contributed by atoms with Crippen molar-refractivity contribution in [2.24, 2.45) is 11.7 Å². The van der Waals surface area contributed by atoms with Gasteiger partial charge in [0.1, 0.15) is 0 Å². The Hall–Kier alpha value is -0.610. The summed E-state index contributed by atoms with van der Waals surface area (Å²) in [6.07, 6.45) is 6.69. The molecule has 1 saturated carbocycles. The second-order valence-corrected chi connectivity index (χ2v) is 6.96. The zero-order valence-corrected chi connectivity index (χ0v) is 13.3. The summed E-state index contributed by atoms with van der Waals surface area (Å²) in [5.41, 5.74) is 5.25. The second kappa shape index (κ2) is 6.44. The quantitative estimate of drug-likeness (QED) is 0.827. The topological polar surface area (TPSA) is 58.4 Å². The predicted molar refractivity (Wildman–Crippen MR) is 82.4 cm³/mol. The molecule has 20 heavy (non-hydrogen) atoms. The molecule has 1 saturated heterocycles. The monoisotopic (exact) mass is 281 g/mol. The number of amides is 1. The SMILES string of the molecule is CCNC1(C(N)=O)CCCC(N2CC(C)CCC2C)C1. The molecule has 0 aromatic carbocycles. The average molecular weight is 281 g/mol. The molecule has 4 unspecified atom stereocenters. The molecule has 4 heteroatoms. The Morgan fingerprint density at radius 2 is 2.10 bits per heavy atom. The van der Waals surface area contributed by atoms with E-state index in [0.29, 0.717) is 12.1 Å². The van der Waals surface area contributed by atoms with Crippen molar-refractivity contribution >= 4 is 5.91 Å². The fourth-order valence-corrected chi connectivity index (χ4v) is 4.17. The maximum Gasteiger partial charge on any atom is 0.237 e. The molecule has 1 heterocycles. The molecule has 2 aliphatic rings. The van der Waals surface area contributed by atoms with E-state index in [-0.39, 0.29) is 5.91 Å². The number of nitrogens with two attached hydrogens (primary N) is 1. The summed E-state index contributed by atoms with van der Waals surface area (Å²) in [6, 6.07) is 1.15. The molecule has 3 N–H and O–H groups in total. The summed E-state index contributed by atoms with van der Waals surface area (Å²) in [5.74, 6) is 0.608. The molecule has 0 spiro atoms. The van der Waals surface area contributed by atoms with E-state index in [2.05, 4.69) is 31.0 Å². The van der Waals surface area contributed by atoms with Gasteiger partial charge in [-0.15, -0.1) is 0 Å². The number of hydrogen-bond donors (Lipinski definition) is 2. The van der Waals surface area contributed by atoms with E-state index in [1.54, 1.807) is 0 Å². The Labute approximate surface area is 123 Å². The average Bonchev–Trinajstić information content (AvgIpc) is 2.42. The molecule has 0 aromatic heterocycles. The van der Waals surface area contributed by atoms with Crippen LogP contribution in [-0.4, -0.2) is 41.5 Å². The van der Waals surface area contributed by atoms with Crippen LogP contribution in [0.25, 0.3) is 0 Å². The van der Waals surface area contributed by atoms with Gasteiger partial charge >= 0.3 is 0 Å². The van der Waals surface area contributed by atoms with E-state index < -0.39 is 5.54 Å². The maximum absolute atomic E-state index is 12.0. The normalized spacial score (nSPS) is 39.6. The summed E-state index contributed by atoms with van der Waals surface area (Å²) < 4.78 is 0. The molecule has 2 fully saturated rings. The van der Waals surface area contributed by atoms with Gasteiger partial charge in [-0.3, -0.25) is 9.69 Å². The van der Waals surface area contributed by atoms with Crippen molar-refractivity contribution in [2.75, 3.05) is 13.1 Å². The van der Waals surface area contributed by atoms with Crippen LogP contribution in [-0.2, 0) is 4.79 Å². The summed E-state index contributed by atoms with van der Waals surface area (Å²) in [4.78, 5) is 14.6. The molecule has 0 aromatic rings. The molecular formula is C16H31N3O. The lowest BCUT2D eigenvalue weighted by molar-refractivity contribution is -0.127. The molecule has 4 atom stereocenters. The lowest BCUT2D eigenvalue weighted by Crippen LogP contribution is -2.62. The van der Waals surface area contributed by atoms with E-state index >= 15 is 0 Å². The third-order valence-corrected chi connectivity index (χ3v) is 5.35. The fourth-order valence-electron chi connectivity index (χ4n) is 4.17. The number of likely N-dealkylation sites (N-methyl/N-ethyl adjacent to an activating group) is 1. The molecule has 0 bridgehead atoms. The smallest absolute Gasteiger partial charge is 0.237 e. The van der Waals surface area contributed by atoms with Crippen molar-refractivity contribution in [1.29, 1.82) is 0 Å². The number of carbonyl (C=O) groups excluding carboxylic acids is 1. The predicted octanol–water partition coefficient (Wildman–Crippen LogP) is 1.88. The first-order valence-electron chi connectivity index (χ1n) is 8.29. The number of carbonyl (C=O) groups is 1. The van der Waals surface area contributed by atoms with Gasteiger partial charge in [0.2, 0.25) is 5.91 Å². The van der Waals surface area contributed by atoms with Crippen molar-refractivity contribution in [1.82, 2.24) is 10.2 Å². The summed E-state index contributed by atoms with van der Waals surface area (Å²) in [5, 5.41) is 3.39. The molecule has 0 radical (unpaired) electrons. The maximum atomic E-state index is 12.0. The second-order valence-electron chi connectivity index (χ2n) is 6.96. The van der Waals surface area contributed by atoms with Crippen LogP contribution in [0.15, 0.2) is 0 Å². The van der Waals surface area contributed by atoms with Crippen LogP contribution in [0.4, 0.5) is 0 Å². The Morgan fingerprint density at radius 3 is 2.75 bits per heavy atom. The molecule has 1 aliphatic carbocycles. The Morgan fingerprint density at radius 1 is 1.35 bits per heavy atom. The number of primary amides is 1. The number of nitrogens with one attached hydrogen (secondary N) is 1. The number of piperidine rings is 1. The molecule has 4 nitrogen and oxygen atoms in total. The van der Waals surface area contributed by atoms with Crippen LogP contribution < -0.4 is 11.1 Å². The van der Waals surface area contributed by atoms with Crippen molar-refractivity contribution in [3.8, 4) is 0 Å². The van der Waals surface area contributed by atoms with Gasteiger partial charge in [0.25, 0.3) is 0 Å². The molecule has 116 valence electrons. The Bertz CT molecular complexity index is 343.